The van der Waals surface area contributed by atoms with Crippen molar-refractivity contribution in [2.75, 3.05) is 6.61 Å². The molecule has 0 spiro atoms. The Morgan fingerprint density at radius 3 is 2.86 bits per heavy atom. The lowest BCUT2D eigenvalue weighted by Crippen LogP contribution is -2.28. The van der Waals surface area contributed by atoms with Gasteiger partial charge >= 0.3 is 0 Å². The first-order chi connectivity index (χ1) is 10.3. The first-order valence-corrected chi connectivity index (χ1v) is 7.86. The Kier molecular flexibility index (Phi) is 6.25. The van der Waals surface area contributed by atoms with E-state index in [2.05, 4.69) is 17.5 Å². The second kappa shape index (κ2) is 8.45. The number of amides is 1. The molecule has 0 radical (unpaired) electrons. The Bertz CT molecular complexity index is 479. The van der Waals surface area contributed by atoms with Crippen LogP contribution in [0.3, 0.4) is 0 Å². The number of hydrogen-bond donors (Lipinski definition) is 1. The fraction of sp³-hybridized carbons (Fsp3) is 0.529. The van der Waals surface area contributed by atoms with Gasteiger partial charge in [-0.15, -0.1) is 0 Å². The average molecular weight is 288 g/mol. The topological polar surface area (TPSA) is 50.7 Å². The summed E-state index contributed by atoms with van der Waals surface area (Å²) in [6.07, 6.45) is 8.13. The van der Waals surface area contributed by atoms with Crippen LogP contribution < -0.4 is 10.2 Å². The van der Waals surface area contributed by atoms with Gasteiger partial charge in [0.1, 0.15) is 5.75 Å². The number of nitrogens with one attached hydrogen (secondary N) is 1. The van der Waals surface area contributed by atoms with Crippen LogP contribution in [0.5, 0.6) is 5.75 Å². The van der Waals surface area contributed by atoms with Crippen LogP contribution in [0.4, 0.5) is 0 Å². The zero-order chi connectivity index (χ0) is 14.9. The quantitative estimate of drug-likeness (QED) is 0.643. The Hall–Kier alpha value is -1.84. The number of carbonyl (C=O) groups excluding carboxylic acids is 1. The lowest BCUT2D eigenvalue weighted by Gasteiger charge is -2.19. The highest BCUT2D eigenvalue weighted by Crippen LogP contribution is 2.23. The second-order valence-corrected chi connectivity index (χ2v) is 5.46. The molecule has 2 rings (SSSR count). The molecule has 0 heterocycles. The Labute approximate surface area is 126 Å². The number of hydrogen-bond acceptors (Lipinski definition) is 3. The molecule has 0 aliphatic heterocycles. The highest BCUT2D eigenvalue weighted by molar-refractivity contribution is 5.85. The van der Waals surface area contributed by atoms with Gasteiger partial charge in [0.15, 0.2) is 0 Å². The summed E-state index contributed by atoms with van der Waals surface area (Å²) in [4.78, 5) is 12.0. The molecule has 114 valence electrons. The van der Waals surface area contributed by atoms with E-state index in [1.165, 1.54) is 6.42 Å². The van der Waals surface area contributed by atoms with Crippen LogP contribution in [0.2, 0.25) is 0 Å². The van der Waals surface area contributed by atoms with Crippen LogP contribution in [0.25, 0.3) is 0 Å². The second-order valence-electron chi connectivity index (χ2n) is 5.46. The minimum absolute atomic E-state index is 0.0397. The Morgan fingerprint density at radius 2 is 2.10 bits per heavy atom. The van der Waals surface area contributed by atoms with Crippen molar-refractivity contribution < 1.29 is 9.53 Å². The first kappa shape index (κ1) is 15.5. The summed E-state index contributed by atoms with van der Waals surface area (Å²) >= 11 is 0. The molecule has 1 aliphatic rings. The maximum atomic E-state index is 12.0. The fourth-order valence-corrected chi connectivity index (χ4v) is 2.55. The number of hydrazone groups is 1. The molecular formula is C17H24N2O2. The Balaban J connectivity index is 1.89. The number of rotatable bonds is 6. The third-order valence-corrected chi connectivity index (χ3v) is 3.74. The molecule has 1 saturated carbocycles. The fourth-order valence-electron chi connectivity index (χ4n) is 2.55. The highest BCUT2D eigenvalue weighted by Gasteiger charge is 2.20. The van der Waals surface area contributed by atoms with Crippen molar-refractivity contribution in [3.05, 3.63) is 29.8 Å². The van der Waals surface area contributed by atoms with Gasteiger partial charge in [0.05, 0.1) is 12.8 Å². The minimum atomic E-state index is 0.0397. The lowest BCUT2D eigenvalue weighted by atomic mass is 9.89. The van der Waals surface area contributed by atoms with E-state index in [4.69, 9.17) is 4.74 Å². The molecule has 21 heavy (non-hydrogen) atoms. The number of para-hydroxylation sites is 1. The molecule has 1 aromatic carbocycles. The van der Waals surface area contributed by atoms with E-state index in [1.807, 2.05) is 24.3 Å². The van der Waals surface area contributed by atoms with Crippen LogP contribution in [0, 0.1) is 5.92 Å². The number of benzene rings is 1. The molecule has 1 aromatic rings. The summed E-state index contributed by atoms with van der Waals surface area (Å²) in [6.45, 7) is 2.75. The first-order valence-electron chi connectivity index (χ1n) is 7.86. The van der Waals surface area contributed by atoms with Gasteiger partial charge in [-0.1, -0.05) is 38.3 Å². The van der Waals surface area contributed by atoms with Gasteiger partial charge in [0.25, 0.3) is 0 Å². The molecule has 0 unspecified atom stereocenters. The predicted molar refractivity (Wildman–Crippen MR) is 84.5 cm³/mol. The monoisotopic (exact) mass is 288 g/mol. The van der Waals surface area contributed by atoms with Crippen LogP contribution in [-0.4, -0.2) is 18.7 Å². The maximum Gasteiger partial charge on any atom is 0.243 e. The summed E-state index contributed by atoms with van der Waals surface area (Å²) in [5.74, 6) is 0.968. The number of ether oxygens (including phenoxy) is 1. The predicted octanol–water partition coefficient (Wildman–Crippen LogP) is 3.51. The van der Waals surface area contributed by atoms with Gasteiger partial charge in [-0.05, 0) is 31.4 Å². The summed E-state index contributed by atoms with van der Waals surface area (Å²) in [5.41, 5.74) is 3.54. The summed E-state index contributed by atoms with van der Waals surface area (Å²) in [5, 5.41) is 4.08. The Morgan fingerprint density at radius 1 is 1.33 bits per heavy atom. The molecule has 1 amide bonds. The van der Waals surface area contributed by atoms with Crippen molar-refractivity contribution >= 4 is 12.1 Å². The van der Waals surface area contributed by atoms with E-state index in [-0.39, 0.29) is 11.8 Å². The molecule has 1 aliphatic carbocycles. The van der Waals surface area contributed by atoms with Gasteiger partial charge in [0, 0.05) is 11.5 Å². The van der Waals surface area contributed by atoms with E-state index in [0.29, 0.717) is 6.61 Å². The van der Waals surface area contributed by atoms with E-state index in [9.17, 15) is 4.79 Å². The summed E-state index contributed by atoms with van der Waals surface area (Å²) < 4.78 is 5.66. The third-order valence-electron chi connectivity index (χ3n) is 3.74. The normalized spacial score (nSPS) is 16.0. The molecule has 0 bridgehead atoms. The smallest absolute Gasteiger partial charge is 0.243 e. The lowest BCUT2D eigenvalue weighted by molar-refractivity contribution is -0.125. The van der Waals surface area contributed by atoms with E-state index >= 15 is 0 Å². The standard InChI is InChI=1S/C17H24N2O2/c1-2-12-21-16-11-7-6-10-15(16)13-18-19-17(20)14-8-4-3-5-9-14/h6-7,10-11,13-14H,2-5,8-9,12H2,1H3,(H,19,20)/b18-13+. The van der Waals surface area contributed by atoms with Crippen LogP contribution in [-0.2, 0) is 4.79 Å². The van der Waals surface area contributed by atoms with Gasteiger partial charge in [-0.25, -0.2) is 5.43 Å². The van der Waals surface area contributed by atoms with Crippen LogP contribution in [0.15, 0.2) is 29.4 Å². The minimum Gasteiger partial charge on any atom is -0.493 e. The third kappa shape index (κ3) is 4.88. The van der Waals surface area contributed by atoms with E-state index < -0.39 is 0 Å². The molecule has 1 fully saturated rings. The molecular weight excluding hydrogens is 264 g/mol. The van der Waals surface area contributed by atoms with Crippen molar-refractivity contribution in [2.45, 2.75) is 45.4 Å². The van der Waals surface area contributed by atoms with Crippen molar-refractivity contribution in [1.82, 2.24) is 5.43 Å². The van der Waals surface area contributed by atoms with Crippen molar-refractivity contribution in [2.24, 2.45) is 11.0 Å². The van der Waals surface area contributed by atoms with Gasteiger partial charge in [-0.2, -0.15) is 5.10 Å². The highest BCUT2D eigenvalue weighted by atomic mass is 16.5. The van der Waals surface area contributed by atoms with Crippen molar-refractivity contribution in [3.8, 4) is 5.75 Å². The van der Waals surface area contributed by atoms with E-state index in [1.54, 1.807) is 6.21 Å². The molecule has 0 aromatic heterocycles. The molecule has 1 N–H and O–H groups in total. The van der Waals surface area contributed by atoms with Crippen molar-refractivity contribution in [3.63, 3.8) is 0 Å². The van der Waals surface area contributed by atoms with Gasteiger partial charge < -0.3 is 4.74 Å². The molecule has 4 nitrogen and oxygen atoms in total. The molecule has 4 heteroatoms. The summed E-state index contributed by atoms with van der Waals surface area (Å²) in [6, 6.07) is 7.72. The summed E-state index contributed by atoms with van der Waals surface area (Å²) in [7, 11) is 0. The maximum absolute atomic E-state index is 12.0. The van der Waals surface area contributed by atoms with Crippen LogP contribution in [0.1, 0.15) is 51.0 Å². The van der Waals surface area contributed by atoms with Crippen LogP contribution >= 0.6 is 0 Å². The molecule has 0 saturated heterocycles. The SMILES string of the molecule is CCCOc1ccccc1/C=N/NC(=O)C1CCCCC1. The zero-order valence-corrected chi connectivity index (χ0v) is 12.7. The van der Waals surface area contributed by atoms with Crippen molar-refractivity contribution in [1.29, 1.82) is 0 Å². The average Bonchev–Trinajstić information content (AvgIpc) is 2.54. The van der Waals surface area contributed by atoms with E-state index in [0.717, 1.165) is 43.4 Å². The molecule has 0 atom stereocenters. The zero-order valence-electron chi connectivity index (χ0n) is 12.7. The number of nitrogens with zero attached hydrogens (tertiary/aromatic N) is 1. The number of carbonyl (C=O) groups is 1. The van der Waals surface area contributed by atoms with Gasteiger partial charge in [-0.3, -0.25) is 4.79 Å². The largest absolute Gasteiger partial charge is 0.493 e. The van der Waals surface area contributed by atoms with Gasteiger partial charge in [0.2, 0.25) is 5.91 Å².